The summed E-state index contributed by atoms with van der Waals surface area (Å²) in [6, 6.07) is 9.08. The van der Waals surface area contributed by atoms with Crippen molar-refractivity contribution in [1.82, 2.24) is 0 Å². The van der Waals surface area contributed by atoms with Gasteiger partial charge in [-0.1, -0.05) is 31.5 Å². The maximum atomic E-state index is 11.8. The van der Waals surface area contributed by atoms with E-state index in [0.29, 0.717) is 12.4 Å². The van der Waals surface area contributed by atoms with Crippen LogP contribution in [0.3, 0.4) is 0 Å². The standard InChI is InChI=1S/C11H17O3P/c1-3-4-10-13-15(2,12)14-11-8-6-5-7-9-11/h5-9H,3-4,10H2,1-2H3. The minimum atomic E-state index is -2.94. The lowest BCUT2D eigenvalue weighted by atomic mass is 10.3. The van der Waals surface area contributed by atoms with Crippen molar-refractivity contribution in [1.29, 1.82) is 0 Å². The molecule has 0 spiro atoms. The van der Waals surface area contributed by atoms with Crippen LogP contribution in [-0.4, -0.2) is 13.3 Å². The third-order valence-electron chi connectivity index (χ3n) is 1.84. The molecule has 0 N–H and O–H groups in total. The van der Waals surface area contributed by atoms with Gasteiger partial charge in [-0.3, -0.25) is 4.52 Å². The average molecular weight is 228 g/mol. The molecule has 1 unspecified atom stereocenters. The third-order valence-corrected chi connectivity index (χ3v) is 3.03. The Labute approximate surface area is 90.9 Å². The molecule has 1 atom stereocenters. The van der Waals surface area contributed by atoms with Gasteiger partial charge in [0, 0.05) is 6.66 Å². The normalized spacial score (nSPS) is 14.5. The van der Waals surface area contributed by atoms with Gasteiger partial charge in [0.15, 0.2) is 0 Å². The van der Waals surface area contributed by atoms with E-state index in [1.54, 1.807) is 12.1 Å². The minimum Gasteiger partial charge on any atom is -0.425 e. The first kappa shape index (κ1) is 12.3. The largest absolute Gasteiger partial charge is 0.425 e. The SMILES string of the molecule is CCCCOP(C)(=O)Oc1ccccc1. The van der Waals surface area contributed by atoms with Crippen LogP contribution < -0.4 is 4.52 Å². The molecule has 3 nitrogen and oxygen atoms in total. The number of rotatable bonds is 6. The third kappa shape index (κ3) is 5.01. The number of unbranched alkanes of at least 4 members (excludes halogenated alkanes) is 1. The van der Waals surface area contributed by atoms with Gasteiger partial charge in [0.25, 0.3) is 0 Å². The van der Waals surface area contributed by atoms with Crippen molar-refractivity contribution >= 4 is 7.60 Å². The molecule has 0 heterocycles. The second-order valence-corrected chi connectivity index (χ2v) is 5.35. The van der Waals surface area contributed by atoms with E-state index in [9.17, 15) is 4.57 Å². The van der Waals surface area contributed by atoms with Gasteiger partial charge in [-0.05, 0) is 18.6 Å². The first-order valence-electron chi connectivity index (χ1n) is 5.11. The Hall–Kier alpha value is -0.790. The van der Waals surface area contributed by atoms with Gasteiger partial charge >= 0.3 is 7.60 Å². The van der Waals surface area contributed by atoms with E-state index in [1.807, 2.05) is 18.2 Å². The average Bonchev–Trinajstić information content (AvgIpc) is 2.18. The fraction of sp³-hybridized carbons (Fsp3) is 0.455. The van der Waals surface area contributed by atoms with Crippen LogP contribution in [0.2, 0.25) is 0 Å². The van der Waals surface area contributed by atoms with Crippen molar-refractivity contribution in [3.63, 3.8) is 0 Å². The Bertz CT molecular complexity index is 324. The first-order valence-corrected chi connectivity index (χ1v) is 7.10. The molecular formula is C11H17O3P. The predicted molar refractivity (Wildman–Crippen MR) is 61.5 cm³/mol. The Morgan fingerprint density at radius 3 is 2.53 bits per heavy atom. The fourth-order valence-electron chi connectivity index (χ4n) is 1.07. The van der Waals surface area contributed by atoms with Gasteiger partial charge in [-0.25, -0.2) is 4.57 Å². The summed E-state index contributed by atoms with van der Waals surface area (Å²) < 4.78 is 22.3. The van der Waals surface area contributed by atoms with E-state index in [-0.39, 0.29) is 0 Å². The molecule has 1 aromatic rings. The monoisotopic (exact) mass is 228 g/mol. The van der Waals surface area contributed by atoms with Crippen LogP contribution in [-0.2, 0) is 9.09 Å². The molecule has 0 aliphatic heterocycles. The zero-order valence-electron chi connectivity index (χ0n) is 9.18. The molecule has 0 aromatic heterocycles. The van der Waals surface area contributed by atoms with Crippen LogP contribution in [0.25, 0.3) is 0 Å². The molecular weight excluding hydrogens is 211 g/mol. The van der Waals surface area contributed by atoms with Crippen LogP contribution in [0.5, 0.6) is 5.75 Å². The fourth-order valence-corrected chi connectivity index (χ4v) is 2.09. The van der Waals surface area contributed by atoms with E-state index in [4.69, 9.17) is 9.05 Å². The Morgan fingerprint density at radius 2 is 1.93 bits per heavy atom. The van der Waals surface area contributed by atoms with Crippen LogP contribution in [0, 0.1) is 0 Å². The van der Waals surface area contributed by atoms with Gasteiger partial charge in [-0.2, -0.15) is 0 Å². The van der Waals surface area contributed by atoms with Crippen molar-refractivity contribution in [3.05, 3.63) is 30.3 Å². The molecule has 0 radical (unpaired) electrons. The summed E-state index contributed by atoms with van der Waals surface area (Å²) in [5, 5.41) is 0. The Balaban J connectivity index is 2.46. The summed E-state index contributed by atoms with van der Waals surface area (Å²) in [6.07, 6.45) is 1.92. The maximum absolute atomic E-state index is 11.8. The first-order chi connectivity index (χ1) is 7.14. The van der Waals surface area contributed by atoms with E-state index >= 15 is 0 Å². The predicted octanol–water partition coefficient (Wildman–Crippen LogP) is 3.71. The maximum Gasteiger partial charge on any atom is 0.376 e. The van der Waals surface area contributed by atoms with Crippen LogP contribution in [0.1, 0.15) is 19.8 Å². The lowest BCUT2D eigenvalue weighted by molar-refractivity contribution is 0.265. The summed E-state index contributed by atoms with van der Waals surface area (Å²) in [5.41, 5.74) is 0. The zero-order valence-corrected chi connectivity index (χ0v) is 10.1. The topological polar surface area (TPSA) is 35.5 Å². The van der Waals surface area contributed by atoms with Gasteiger partial charge in [-0.15, -0.1) is 0 Å². The quantitative estimate of drug-likeness (QED) is 0.550. The van der Waals surface area contributed by atoms with Crippen molar-refractivity contribution in [2.75, 3.05) is 13.3 Å². The smallest absolute Gasteiger partial charge is 0.376 e. The van der Waals surface area contributed by atoms with Crippen LogP contribution in [0.4, 0.5) is 0 Å². The Kier molecular flexibility index (Phi) is 4.86. The van der Waals surface area contributed by atoms with Crippen molar-refractivity contribution < 1.29 is 13.6 Å². The van der Waals surface area contributed by atoms with E-state index in [0.717, 1.165) is 12.8 Å². The molecule has 0 fully saturated rings. The molecule has 0 saturated carbocycles. The lowest BCUT2D eigenvalue weighted by Crippen LogP contribution is -1.98. The highest BCUT2D eigenvalue weighted by Gasteiger charge is 2.17. The highest BCUT2D eigenvalue weighted by Crippen LogP contribution is 2.44. The zero-order chi connectivity index (χ0) is 11.1. The molecule has 0 saturated heterocycles. The molecule has 0 amide bonds. The van der Waals surface area contributed by atoms with E-state index in [1.165, 1.54) is 6.66 Å². The summed E-state index contributed by atoms with van der Waals surface area (Å²) in [4.78, 5) is 0. The van der Waals surface area contributed by atoms with Gasteiger partial charge in [0.05, 0.1) is 6.61 Å². The van der Waals surface area contributed by atoms with Crippen molar-refractivity contribution in [2.24, 2.45) is 0 Å². The summed E-state index contributed by atoms with van der Waals surface area (Å²) >= 11 is 0. The summed E-state index contributed by atoms with van der Waals surface area (Å²) in [6.45, 7) is 4.04. The van der Waals surface area contributed by atoms with Crippen molar-refractivity contribution in [2.45, 2.75) is 19.8 Å². The van der Waals surface area contributed by atoms with Crippen molar-refractivity contribution in [3.8, 4) is 5.75 Å². The van der Waals surface area contributed by atoms with E-state index < -0.39 is 7.60 Å². The van der Waals surface area contributed by atoms with Gasteiger partial charge in [0.1, 0.15) is 5.75 Å². The van der Waals surface area contributed by atoms with Gasteiger partial charge < -0.3 is 4.52 Å². The highest BCUT2D eigenvalue weighted by atomic mass is 31.2. The number of para-hydroxylation sites is 1. The summed E-state index contributed by atoms with van der Waals surface area (Å²) in [7, 11) is -2.94. The second kappa shape index (κ2) is 5.94. The molecule has 1 aromatic carbocycles. The Morgan fingerprint density at radius 1 is 1.27 bits per heavy atom. The highest BCUT2D eigenvalue weighted by molar-refractivity contribution is 7.53. The van der Waals surface area contributed by atoms with Gasteiger partial charge in [0.2, 0.25) is 0 Å². The molecule has 0 aliphatic carbocycles. The molecule has 1 rings (SSSR count). The number of hydrogen-bond donors (Lipinski definition) is 0. The number of benzene rings is 1. The molecule has 15 heavy (non-hydrogen) atoms. The van der Waals surface area contributed by atoms with Crippen LogP contribution in [0.15, 0.2) is 30.3 Å². The second-order valence-electron chi connectivity index (χ2n) is 3.36. The molecule has 0 aliphatic rings. The number of hydrogen-bond acceptors (Lipinski definition) is 3. The summed E-state index contributed by atoms with van der Waals surface area (Å²) in [5.74, 6) is 0.583. The molecule has 84 valence electrons. The van der Waals surface area contributed by atoms with E-state index in [2.05, 4.69) is 6.92 Å². The minimum absolute atomic E-state index is 0.483. The molecule has 0 bridgehead atoms. The lowest BCUT2D eigenvalue weighted by Gasteiger charge is -2.14. The van der Waals surface area contributed by atoms with Crippen LogP contribution >= 0.6 is 7.60 Å². The molecule has 4 heteroatoms.